The average Bonchev–Trinajstić information content (AvgIpc) is 2.75. The minimum Gasteiger partial charge on any atom is -1.00 e. The Kier molecular flexibility index (Phi) is 34.5. The zero-order chi connectivity index (χ0) is 24.8. The van der Waals surface area contributed by atoms with E-state index in [4.69, 9.17) is 19.1 Å². The summed E-state index contributed by atoms with van der Waals surface area (Å²) < 4.78 is 41.1. The van der Waals surface area contributed by atoms with Crippen LogP contribution in [0.1, 0.15) is 119 Å². The predicted molar refractivity (Wildman–Crippen MR) is 131 cm³/mol. The summed E-state index contributed by atoms with van der Waals surface area (Å²) in [6.45, 7) is 2.68. The van der Waals surface area contributed by atoms with Gasteiger partial charge in [0.2, 0.25) is 0 Å². The molecule has 0 aromatic carbocycles. The molecule has 8 nitrogen and oxygen atoms in total. The van der Waals surface area contributed by atoms with Gasteiger partial charge in [-0.15, -0.1) is 0 Å². The monoisotopic (exact) mass is 574 g/mol. The molecule has 0 bridgehead atoms. The van der Waals surface area contributed by atoms with Gasteiger partial charge in [0.05, 0.1) is 13.0 Å². The first-order valence-corrected chi connectivity index (χ1v) is 14.2. The van der Waals surface area contributed by atoms with Gasteiger partial charge in [0.25, 0.3) is 10.1 Å². The van der Waals surface area contributed by atoms with Gasteiger partial charge in [0, 0.05) is 6.61 Å². The summed E-state index contributed by atoms with van der Waals surface area (Å²) in [5.41, 5.74) is 0. The van der Waals surface area contributed by atoms with E-state index in [0.29, 0.717) is 6.61 Å². The zero-order valence-corrected chi connectivity index (χ0v) is 29.5. The summed E-state index contributed by atoms with van der Waals surface area (Å²) in [7, 11) is -4.83. The Bertz CT molecular complexity index is 614. The largest absolute Gasteiger partial charge is 1.00 e. The first-order chi connectivity index (χ1) is 15.8. The average molecular weight is 575 g/mol. The van der Waals surface area contributed by atoms with Crippen LogP contribution >= 0.6 is 0 Å². The molecule has 0 aliphatic carbocycles. The summed E-state index contributed by atoms with van der Waals surface area (Å²) in [6, 6.07) is 0. The van der Waals surface area contributed by atoms with Crippen LogP contribution in [0.5, 0.6) is 0 Å². The van der Waals surface area contributed by atoms with E-state index in [1.807, 2.05) is 0 Å². The number of aliphatic carboxylic acids is 1. The number of unbranched alkanes of at least 4 members (excludes halogenated alkanes) is 15. The van der Waals surface area contributed by atoms with Crippen LogP contribution in [0.4, 0.5) is 0 Å². The van der Waals surface area contributed by atoms with Crippen LogP contribution in [0.25, 0.3) is 0 Å². The van der Waals surface area contributed by atoms with E-state index in [9.17, 15) is 18.0 Å². The molecule has 0 aromatic rings. The predicted octanol–water partition coefficient (Wildman–Crippen LogP) is -0.228. The van der Waals surface area contributed by atoms with Gasteiger partial charge in [-0.05, 0) is 6.42 Å². The van der Waals surface area contributed by atoms with Crippen molar-refractivity contribution in [1.82, 2.24) is 0 Å². The Morgan fingerprint density at radius 3 is 1.49 bits per heavy atom. The van der Waals surface area contributed by atoms with E-state index in [-0.39, 0.29) is 119 Å². The summed E-state index contributed by atoms with van der Waals surface area (Å²) >= 11 is 0. The molecule has 0 radical (unpaired) electrons. The van der Waals surface area contributed by atoms with Crippen molar-refractivity contribution in [3.05, 3.63) is 0 Å². The van der Waals surface area contributed by atoms with Crippen LogP contribution in [-0.4, -0.2) is 55.1 Å². The summed E-state index contributed by atoms with van der Waals surface area (Å²) in [5, 5.41) is 6.51. The Morgan fingerprint density at radius 2 is 1.11 bits per heavy atom. The number of hydrogen-bond donors (Lipinski definition) is 2. The van der Waals surface area contributed by atoms with Crippen molar-refractivity contribution < 1.29 is 143 Å². The first kappa shape index (κ1) is 41.6. The zero-order valence-electron chi connectivity index (χ0n) is 24.5. The van der Waals surface area contributed by atoms with Gasteiger partial charge in [-0.2, -0.15) is 8.42 Å². The third-order valence-corrected chi connectivity index (χ3v) is 6.67. The maximum absolute atomic E-state index is 11.6. The van der Waals surface area contributed by atoms with Crippen molar-refractivity contribution in [3.8, 4) is 0 Å². The summed E-state index contributed by atoms with van der Waals surface area (Å²) in [5.74, 6) is -2.81. The van der Waals surface area contributed by atoms with Gasteiger partial charge < -0.3 is 17.4 Å². The number of rotatable bonds is 24. The van der Waals surface area contributed by atoms with Gasteiger partial charge >= 0.3 is 115 Å². The molecule has 1 unspecified atom stereocenters. The standard InChI is InChI=1S/C24H46O8S.2K.2H/c1-2-3-4-5-6-7-8-9-10-11-12-13-14-15-16-17-18-31-19-20-32-24(27)22(21-23(25)26)33(28,29)30;;;;/h22H,2-21H2,1H3,(H,25,26)(H,28,29,30);;;;/q;2*+1;2*-1. The molecular formula is C24H48K2O8S. The van der Waals surface area contributed by atoms with Crippen LogP contribution in [0.15, 0.2) is 0 Å². The van der Waals surface area contributed by atoms with Gasteiger partial charge in [-0.3, -0.25) is 14.1 Å². The Labute approximate surface area is 301 Å². The normalized spacial score (nSPS) is 11.8. The van der Waals surface area contributed by atoms with E-state index < -0.39 is 33.7 Å². The number of carbonyl (C=O) groups excluding carboxylic acids is 1. The molecule has 35 heavy (non-hydrogen) atoms. The molecule has 2 N–H and O–H groups in total. The molecule has 1 atom stereocenters. The van der Waals surface area contributed by atoms with Crippen LogP contribution in [0, 0.1) is 0 Å². The minimum atomic E-state index is -4.83. The summed E-state index contributed by atoms with van der Waals surface area (Å²) in [6.07, 6.45) is 19.6. The number of ether oxygens (including phenoxy) is 2. The van der Waals surface area contributed by atoms with E-state index in [2.05, 4.69) is 6.92 Å². The second kappa shape index (κ2) is 29.1. The topological polar surface area (TPSA) is 127 Å². The molecule has 0 aliphatic heterocycles. The molecule has 0 saturated carbocycles. The SMILES string of the molecule is CCCCCCCCCCCCCCCCCCOCCOC(=O)C(CC(=O)O)S(=O)(=O)O.[H-].[H-].[K+].[K+]. The molecule has 0 saturated heterocycles. The van der Waals surface area contributed by atoms with Gasteiger partial charge in [-0.1, -0.05) is 103 Å². The van der Waals surface area contributed by atoms with Crippen LogP contribution in [-0.2, 0) is 29.2 Å². The third-order valence-electron chi connectivity index (χ3n) is 5.60. The van der Waals surface area contributed by atoms with Gasteiger partial charge in [0.1, 0.15) is 6.61 Å². The van der Waals surface area contributed by atoms with E-state index >= 15 is 0 Å². The maximum atomic E-state index is 11.6. The Hall–Kier alpha value is 2.08. The van der Waals surface area contributed by atoms with Crippen molar-refractivity contribution in [3.63, 3.8) is 0 Å². The fourth-order valence-corrected chi connectivity index (χ4v) is 4.28. The Balaban J connectivity index is -0.000000853. The maximum Gasteiger partial charge on any atom is 1.00 e. The van der Waals surface area contributed by atoms with E-state index in [1.165, 1.54) is 89.9 Å². The fraction of sp³-hybridized carbons (Fsp3) is 0.917. The number of carbonyl (C=O) groups is 2. The fourth-order valence-electron chi connectivity index (χ4n) is 3.62. The number of esters is 1. The summed E-state index contributed by atoms with van der Waals surface area (Å²) in [4.78, 5) is 22.2. The van der Waals surface area contributed by atoms with Gasteiger partial charge in [-0.25, -0.2) is 0 Å². The van der Waals surface area contributed by atoms with Crippen molar-refractivity contribution in [2.24, 2.45) is 0 Å². The molecule has 200 valence electrons. The molecule has 0 aromatic heterocycles. The second-order valence-electron chi connectivity index (χ2n) is 8.68. The van der Waals surface area contributed by atoms with Crippen molar-refractivity contribution in [1.29, 1.82) is 0 Å². The quantitative estimate of drug-likeness (QED) is 0.0701. The number of carboxylic acid groups (broad SMARTS) is 1. The third kappa shape index (κ3) is 28.9. The van der Waals surface area contributed by atoms with Crippen molar-refractivity contribution in [2.75, 3.05) is 19.8 Å². The molecule has 0 spiro atoms. The molecule has 0 heterocycles. The van der Waals surface area contributed by atoms with Crippen molar-refractivity contribution >= 4 is 22.1 Å². The number of hydrogen-bond acceptors (Lipinski definition) is 6. The van der Waals surface area contributed by atoms with E-state index in [0.717, 1.165) is 12.8 Å². The van der Waals surface area contributed by atoms with E-state index in [1.54, 1.807) is 0 Å². The van der Waals surface area contributed by atoms with Crippen LogP contribution < -0.4 is 103 Å². The molecule has 11 heteroatoms. The minimum absolute atomic E-state index is 0. The van der Waals surface area contributed by atoms with Crippen LogP contribution in [0.2, 0.25) is 0 Å². The smallest absolute Gasteiger partial charge is 1.00 e. The van der Waals surface area contributed by atoms with Crippen molar-refractivity contribution in [2.45, 2.75) is 121 Å². The molecular weight excluding hydrogens is 527 g/mol. The van der Waals surface area contributed by atoms with Gasteiger partial charge in [0.15, 0.2) is 5.25 Å². The number of carboxylic acids is 1. The molecule has 0 rings (SSSR count). The van der Waals surface area contributed by atoms with Crippen LogP contribution in [0.3, 0.4) is 0 Å². The molecule has 0 amide bonds. The molecule has 0 aliphatic rings. The second-order valence-corrected chi connectivity index (χ2v) is 10.3. The molecule has 0 fully saturated rings. The Morgan fingerprint density at radius 1 is 0.714 bits per heavy atom. The first-order valence-electron chi connectivity index (χ1n) is 12.7.